The van der Waals surface area contributed by atoms with Crippen molar-refractivity contribution in [3.63, 3.8) is 0 Å². The van der Waals surface area contributed by atoms with E-state index in [1.54, 1.807) is 13.2 Å². The lowest BCUT2D eigenvalue weighted by atomic mass is 10.1. The van der Waals surface area contributed by atoms with E-state index in [1.165, 1.54) is 5.56 Å². The van der Waals surface area contributed by atoms with Gasteiger partial charge >= 0.3 is 0 Å². The van der Waals surface area contributed by atoms with Crippen LogP contribution in [0.2, 0.25) is 0 Å². The van der Waals surface area contributed by atoms with Crippen LogP contribution in [0.3, 0.4) is 0 Å². The number of halogens is 1. The molecule has 21 heavy (non-hydrogen) atoms. The third kappa shape index (κ3) is 3.10. The minimum Gasteiger partial charge on any atom is -0.493 e. The van der Waals surface area contributed by atoms with Crippen molar-refractivity contribution >= 4 is 21.9 Å². The first kappa shape index (κ1) is 14.1. The SMILES string of the molecule is COc1cc(C)nc(NCc2cc(Br)cc3c2OCC3)n1. The molecule has 0 spiro atoms. The molecule has 0 atom stereocenters. The molecule has 6 heteroatoms. The molecule has 0 amide bonds. The van der Waals surface area contributed by atoms with Gasteiger partial charge in [-0.15, -0.1) is 0 Å². The Hall–Kier alpha value is -1.82. The molecule has 2 aromatic rings. The van der Waals surface area contributed by atoms with Crippen molar-refractivity contribution in [2.75, 3.05) is 19.0 Å². The van der Waals surface area contributed by atoms with Crippen molar-refractivity contribution < 1.29 is 9.47 Å². The van der Waals surface area contributed by atoms with Crippen LogP contribution in [0.1, 0.15) is 16.8 Å². The Labute approximate surface area is 131 Å². The van der Waals surface area contributed by atoms with E-state index in [-0.39, 0.29) is 0 Å². The Morgan fingerprint density at radius 3 is 3.00 bits per heavy atom. The number of aryl methyl sites for hydroxylation is 1. The van der Waals surface area contributed by atoms with E-state index in [0.717, 1.165) is 34.5 Å². The van der Waals surface area contributed by atoms with E-state index in [9.17, 15) is 0 Å². The van der Waals surface area contributed by atoms with Gasteiger partial charge in [0, 0.05) is 34.8 Å². The van der Waals surface area contributed by atoms with Gasteiger partial charge in [-0.25, -0.2) is 4.98 Å². The summed E-state index contributed by atoms with van der Waals surface area (Å²) in [6.07, 6.45) is 0.955. The van der Waals surface area contributed by atoms with E-state index in [0.29, 0.717) is 18.4 Å². The Kier molecular flexibility index (Phi) is 3.96. The first-order valence-corrected chi connectivity index (χ1v) is 7.52. The number of hydrogen-bond acceptors (Lipinski definition) is 5. The van der Waals surface area contributed by atoms with Crippen LogP contribution in [0.5, 0.6) is 11.6 Å². The topological polar surface area (TPSA) is 56.3 Å². The summed E-state index contributed by atoms with van der Waals surface area (Å²) in [5.74, 6) is 2.09. The van der Waals surface area contributed by atoms with Crippen LogP contribution in [-0.2, 0) is 13.0 Å². The van der Waals surface area contributed by atoms with Crippen molar-refractivity contribution in [2.45, 2.75) is 19.9 Å². The number of nitrogens with zero attached hydrogens (tertiary/aromatic N) is 2. The van der Waals surface area contributed by atoms with Gasteiger partial charge in [-0.05, 0) is 24.6 Å². The molecule has 1 aromatic heterocycles. The van der Waals surface area contributed by atoms with Gasteiger partial charge in [-0.1, -0.05) is 15.9 Å². The van der Waals surface area contributed by atoms with Gasteiger partial charge in [0.2, 0.25) is 11.8 Å². The number of ether oxygens (including phenoxy) is 2. The van der Waals surface area contributed by atoms with Crippen LogP contribution in [0.25, 0.3) is 0 Å². The average Bonchev–Trinajstić information content (AvgIpc) is 2.92. The zero-order valence-electron chi connectivity index (χ0n) is 11.9. The molecule has 1 aromatic carbocycles. The van der Waals surface area contributed by atoms with Gasteiger partial charge in [0.05, 0.1) is 13.7 Å². The van der Waals surface area contributed by atoms with Gasteiger partial charge in [-0.3, -0.25) is 0 Å². The lowest BCUT2D eigenvalue weighted by Crippen LogP contribution is -2.06. The molecule has 2 heterocycles. The molecular weight excluding hydrogens is 334 g/mol. The summed E-state index contributed by atoms with van der Waals surface area (Å²) in [6, 6.07) is 5.97. The summed E-state index contributed by atoms with van der Waals surface area (Å²) in [6.45, 7) is 3.26. The summed E-state index contributed by atoms with van der Waals surface area (Å²) in [5.41, 5.74) is 3.20. The average molecular weight is 350 g/mol. The summed E-state index contributed by atoms with van der Waals surface area (Å²) >= 11 is 3.54. The fourth-order valence-corrected chi connectivity index (χ4v) is 2.93. The molecule has 0 aliphatic carbocycles. The Bertz CT molecular complexity index is 676. The fraction of sp³-hybridized carbons (Fsp3) is 0.333. The number of hydrogen-bond donors (Lipinski definition) is 1. The standard InChI is InChI=1S/C15H16BrN3O2/c1-9-5-13(20-2)19-15(18-9)17-8-11-7-12(16)6-10-3-4-21-14(10)11/h5-7H,3-4,8H2,1-2H3,(H,17,18,19). The minimum absolute atomic E-state index is 0.554. The number of rotatable bonds is 4. The molecule has 0 fully saturated rings. The molecule has 5 nitrogen and oxygen atoms in total. The number of aromatic nitrogens is 2. The van der Waals surface area contributed by atoms with E-state index >= 15 is 0 Å². The molecule has 0 radical (unpaired) electrons. The second kappa shape index (κ2) is 5.89. The second-order valence-electron chi connectivity index (χ2n) is 4.88. The summed E-state index contributed by atoms with van der Waals surface area (Å²) in [5, 5.41) is 3.23. The number of benzene rings is 1. The minimum atomic E-state index is 0.554. The molecular formula is C15H16BrN3O2. The van der Waals surface area contributed by atoms with Crippen molar-refractivity contribution in [3.05, 3.63) is 39.5 Å². The number of methoxy groups -OCH3 is 1. The maximum atomic E-state index is 5.72. The molecule has 3 rings (SSSR count). The van der Waals surface area contributed by atoms with Crippen LogP contribution >= 0.6 is 15.9 Å². The monoisotopic (exact) mass is 349 g/mol. The molecule has 110 valence electrons. The van der Waals surface area contributed by atoms with Gasteiger partial charge in [0.15, 0.2) is 0 Å². The molecule has 1 aliphatic rings. The van der Waals surface area contributed by atoms with Crippen LogP contribution in [0.4, 0.5) is 5.95 Å². The normalized spacial score (nSPS) is 12.7. The van der Waals surface area contributed by atoms with Crippen molar-refractivity contribution in [3.8, 4) is 11.6 Å². The lowest BCUT2D eigenvalue weighted by molar-refractivity contribution is 0.354. The number of fused-ring (bicyclic) bond motifs is 1. The zero-order chi connectivity index (χ0) is 14.8. The van der Waals surface area contributed by atoms with Crippen LogP contribution < -0.4 is 14.8 Å². The van der Waals surface area contributed by atoms with Gasteiger partial charge < -0.3 is 14.8 Å². The highest BCUT2D eigenvalue weighted by Crippen LogP contribution is 2.33. The Morgan fingerprint density at radius 2 is 2.19 bits per heavy atom. The predicted molar refractivity (Wildman–Crippen MR) is 84.0 cm³/mol. The summed E-state index contributed by atoms with van der Waals surface area (Å²) in [7, 11) is 1.60. The molecule has 0 bridgehead atoms. The van der Waals surface area contributed by atoms with Crippen molar-refractivity contribution in [1.29, 1.82) is 0 Å². The highest BCUT2D eigenvalue weighted by Gasteiger charge is 2.17. The first-order chi connectivity index (χ1) is 10.2. The smallest absolute Gasteiger partial charge is 0.226 e. The summed E-state index contributed by atoms with van der Waals surface area (Å²) in [4.78, 5) is 8.64. The number of nitrogens with one attached hydrogen (secondary N) is 1. The van der Waals surface area contributed by atoms with Crippen molar-refractivity contribution in [1.82, 2.24) is 9.97 Å². The molecule has 0 saturated carbocycles. The maximum Gasteiger partial charge on any atom is 0.226 e. The van der Waals surface area contributed by atoms with E-state index in [2.05, 4.69) is 43.3 Å². The van der Waals surface area contributed by atoms with Gasteiger partial charge in [0.25, 0.3) is 0 Å². The van der Waals surface area contributed by atoms with Gasteiger partial charge in [-0.2, -0.15) is 4.98 Å². The van der Waals surface area contributed by atoms with E-state index in [1.807, 2.05) is 6.92 Å². The van der Waals surface area contributed by atoms with Crippen LogP contribution in [-0.4, -0.2) is 23.7 Å². The highest BCUT2D eigenvalue weighted by atomic mass is 79.9. The van der Waals surface area contributed by atoms with Gasteiger partial charge in [0.1, 0.15) is 5.75 Å². The Morgan fingerprint density at radius 1 is 1.33 bits per heavy atom. The molecule has 0 saturated heterocycles. The van der Waals surface area contributed by atoms with Crippen LogP contribution in [0.15, 0.2) is 22.7 Å². The fourth-order valence-electron chi connectivity index (χ4n) is 2.37. The molecule has 1 N–H and O–H groups in total. The predicted octanol–water partition coefficient (Wildman–Crippen LogP) is 3.10. The third-order valence-corrected chi connectivity index (χ3v) is 3.76. The molecule has 1 aliphatic heterocycles. The molecule has 0 unspecified atom stereocenters. The zero-order valence-corrected chi connectivity index (χ0v) is 13.5. The first-order valence-electron chi connectivity index (χ1n) is 6.73. The largest absolute Gasteiger partial charge is 0.493 e. The number of anilines is 1. The Balaban J connectivity index is 1.81. The highest BCUT2D eigenvalue weighted by molar-refractivity contribution is 9.10. The van der Waals surface area contributed by atoms with Crippen molar-refractivity contribution in [2.24, 2.45) is 0 Å². The quantitative estimate of drug-likeness (QED) is 0.918. The third-order valence-electron chi connectivity index (χ3n) is 3.30. The van der Waals surface area contributed by atoms with E-state index in [4.69, 9.17) is 9.47 Å². The van der Waals surface area contributed by atoms with Crippen LogP contribution in [0, 0.1) is 6.92 Å². The maximum absolute atomic E-state index is 5.72. The van der Waals surface area contributed by atoms with E-state index < -0.39 is 0 Å². The lowest BCUT2D eigenvalue weighted by Gasteiger charge is -2.11. The second-order valence-corrected chi connectivity index (χ2v) is 5.80. The summed E-state index contributed by atoms with van der Waals surface area (Å²) < 4.78 is 11.9.